The van der Waals surface area contributed by atoms with Crippen molar-refractivity contribution in [1.29, 1.82) is 0 Å². The van der Waals surface area contributed by atoms with E-state index in [2.05, 4.69) is 21.8 Å². The summed E-state index contributed by atoms with van der Waals surface area (Å²) in [6.45, 7) is 5.30. The summed E-state index contributed by atoms with van der Waals surface area (Å²) < 4.78 is 11.9. The highest BCUT2D eigenvalue weighted by molar-refractivity contribution is 5.68. The number of benzene rings is 1. The zero-order valence-corrected chi connectivity index (χ0v) is 15.8. The van der Waals surface area contributed by atoms with Crippen LogP contribution >= 0.6 is 0 Å². The van der Waals surface area contributed by atoms with Crippen molar-refractivity contribution in [1.82, 2.24) is 14.4 Å². The van der Waals surface area contributed by atoms with Crippen LogP contribution in [0.15, 0.2) is 36.7 Å². The number of imidazole rings is 1. The molecule has 0 aliphatic rings. The van der Waals surface area contributed by atoms with Gasteiger partial charge in [-0.25, -0.2) is 4.98 Å². The first-order valence-electron chi connectivity index (χ1n) is 8.68. The Morgan fingerprint density at radius 2 is 1.93 bits per heavy atom. The molecule has 0 saturated carbocycles. The number of ether oxygens (including phenoxy) is 2. The number of nitrogens with zero attached hydrogens (tertiary/aromatic N) is 3. The Kier molecular flexibility index (Phi) is 7.62. The van der Waals surface area contributed by atoms with Crippen molar-refractivity contribution in [3.8, 4) is 28.8 Å². The maximum absolute atomic E-state index is 9.96. The second kappa shape index (κ2) is 10.2. The van der Waals surface area contributed by atoms with E-state index in [9.17, 15) is 5.11 Å². The molecule has 0 aliphatic carbocycles. The van der Waals surface area contributed by atoms with Crippen molar-refractivity contribution >= 4 is 11.6 Å². The molecule has 0 aliphatic heterocycles. The summed E-state index contributed by atoms with van der Waals surface area (Å²) in [6, 6.07) is 6.99. The van der Waals surface area contributed by atoms with Crippen LogP contribution < -0.4 is 5.73 Å². The molecule has 1 aromatic carbocycles. The van der Waals surface area contributed by atoms with Crippen molar-refractivity contribution < 1.29 is 14.6 Å². The molecule has 7 nitrogen and oxygen atoms in total. The van der Waals surface area contributed by atoms with Gasteiger partial charge in [-0.05, 0) is 12.1 Å². The van der Waals surface area contributed by atoms with E-state index in [1.807, 2.05) is 19.9 Å². The lowest BCUT2D eigenvalue weighted by atomic mass is 10.1. The smallest absolute Gasteiger partial charge is 0.236 e. The number of phenolic OH excluding ortho intramolecular Hbond substituents is 1. The number of fused-ring (bicyclic) bond motifs is 1. The molecule has 7 heteroatoms. The number of rotatable bonds is 5. The Morgan fingerprint density at radius 1 is 1.15 bits per heavy atom. The monoisotopic (exact) mass is 368 g/mol. The van der Waals surface area contributed by atoms with Crippen LogP contribution in [0.5, 0.6) is 5.75 Å². The predicted octanol–water partition coefficient (Wildman–Crippen LogP) is 2.72. The summed E-state index contributed by atoms with van der Waals surface area (Å²) in [6.07, 6.45) is 3.54. The number of nitrogen functional groups attached to an aromatic ring is 1. The number of hydrogen-bond acceptors (Lipinski definition) is 6. The van der Waals surface area contributed by atoms with Gasteiger partial charge in [-0.1, -0.05) is 37.8 Å². The minimum atomic E-state index is 0.159. The maximum Gasteiger partial charge on any atom is 0.236 e. The summed E-state index contributed by atoms with van der Waals surface area (Å²) in [7, 11) is 1.62. The van der Waals surface area contributed by atoms with Gasteiger partial charge < -0.3 is 20.3 Å². The lowest BCUT2D eigenvalue weighted by molar-refractivity contribution is 0.0877. The van der Waals surface area contributed by atoms with Crippen LogP contribution in [0.2, 0.25) is 0 Å². The fourth-order valence-electron chi connectivity index (χ4n) is 2.25. The molecular weight excluding hydrogens is 344 g/mol. The molecule has 0 bridgehead atoms. The number of anilines is 1. The molecule has 0 saturated heterocycles. The van der Waals surface area contributed by atoms with Gasteiger partial charge in [0.15, 0.2) is 0 Å². The number of phenols is 1. The molecule has 0 fully saturated rings. The lowest BCUT2D eigenvalue weighted by Gasteiger charge is -1.99. The van der Waals surface area contributed by atoms with Crippen molar-refractivity contribution in [2.75, 3.05) is 32.7 Å². The van der Waals surface area contributed by atoms with Crippen LogP contribution in [-0.4, -0.2) is 46.4 Å². The van der Waals surface area contributed by atoms with Crippen LogP contribution in [0.3, 0.4) is 0 Å². The quantitative estimate of drug-likeness (QED) is 0.531. The molecule has 0 spiro atoms. The van der Waals surface area contributed by atoms with E-state index in [4.69, 9.17) is 15.2 Å². The summed E-state index contributed by atoms with van der Waals surface area (Å²) >= 11 is 0. The van der Waals surface area contributed by atoms with Gasteiger partial charge in [0.05, 0.1) is 24.5 Å². The van der Waals surface area contributed by atoms with Crippen molar-refractivity contribution in [3.63, 3.8) is 0 Å². The van der Waals surface area contributed by atoms with Gasteiger partial charge in [0.1, 0.15) is 18.2 Å². The lowest BCUT2D eigenvalue weighted by Crippen LogP contribution is -2.02. The third-order valence-electron chi connectivity index (χ3n) is 3.49. The Morgan fingerprint density at radius 3 is 2.67 bits per heavy atom. The van der Waals surface area contributed by atoms with E-state index in [-0.39, 0.29) is 12.4 Å². The van der Waals surface area contributed by atoms with Crippen LogP contribution in [0.25, 0.3) is 17.0 Å². The van der Waals surface area contributed by atoms with Gasteiger partial charge in [0.25, 0.3) is 0 Å². The van der Waals surface area contributed by atoms with Gasteiger partial charge in [-0.2, -0.15) is 4.98 Å². The summed E-state index contributed by atoms with van der Waals surface area (Å²) in [4.78, 5) is 8.67. The van der Waals surface area contributed by atoms with Crippen LogP contribution in [0.1, 0.15) is 19.4 Å². The second-order valence-electron chi connectivity index (χ2n) is 5.24. The zero-order valence-electron chi connectivity index (χ0n) is 15.8. The van der Waals surface area contributed by atoms with Crippen LogP contribution in [0, 0.1) is 11.8 Å². The Balaban J connectivity index is 0.00000126. The van der Waals surface area contributed by atoms with E-state index in [1.54, 1.807) is 42.1 Å². The van der Waals surface area contributed by atoms with Gasteiger partial charge in [-0.15, -0.1) is 0 Å². The Bertz CT molecular complexity index is 941. The average Bonchev–Trinajstić information content (AvgIpc) is 3.09. The molecule has 3 rings (SSSR count). The third-order valence-corrected chi connectivity index (χ3v) is 3.49. The van der Waals surface area contributed by atoms with E-state index >= 15 is 0 Å². The highest BCUT2D eigenvalue weighted by Crippen LogP contribution is 2.28. The molecule has 0 radical (unpaired) electrons. The molecule has 3 N–H and O–H groups in total. The first-order chi connectivity index (χ1) is 13.2. The average molecular weight is 368 g/mol. The molecular formula is C20H24N4O3. The highest BCUT2D eigenvalue weighted by Gasteiger charge is 2.10. The maximum atomic E-state index is 9.96. The largest absolute Gasteiger partial charge is 0.507 e. The molecule has 2 aromatic heterocycles. The number of aromatic hydroxyl groups is 1. The standard InChI is InChI=1S/C18H18N4O3.C2H6/c1-24-9-10-25-8-4-5-13-11-22-12-15(20-18(22)21-17(13)19)14-6-2-3-7-16(14)23;1-2/h2-3,6-7,11-12,23H,8-10H2,1H3,(H2,19,20,21);1-2H3. The summed E-state index contributed by atoms with van der Waals surface area (Å²) in [5.74, 6) is 6.73. The topological polar surface area (TPSA) is 94.9 Å². The normalized spacial score (nSPS) is 10.0. The molecule has 27 heavy (non-hydrogen) atoms. The van der Waals surface area contributed by atoms with Crippen molar-refractivity contribution in [2.24, 2.45) is 0 Å². The molecule has 3 aromatic rings. The third kappa shape index (κ3) is 5.20. The number of para-hydroxylation sites is 1. The minimum absolute atomic E-state index is 0.159. The molecule has 142 valence electrons. The van der Waals surface area contributed by atoms with Gasteiger partial charge in [0.2, 0.25) is 5.78 Å². The van der Waals surface area contributed by atoms with Gasteiger partial charge >= 0.3 is 0 Å². The second-order valence-corrected chi connectivity index (χ2v) is 5.24. The number of nitrogens with two attached hydrogens (primary N) is 1. The van der Waals surface area contributed by atoms with Crippen LogP contribution in [0.4, 0.5) is 5.82 Å². The van der Waals surface area contributed by atoms with Gasteiger partial charge in [0, 0.05) is 25.1 Å². The van der Waals surface area contributed by atoms with E-state index in [0.717, 1.165) is 0 Å². The van der Waals surface area contributed by atoms with E-state index in [1.165, 1.54) is 0 Å². The molecule has 2 heterocycles. The van der Waals surface area contributed by atoms with Crippen molar-refractivity contribution in [3.05, 3.63) is 42.2 Å². The van der Waals surface area contributed by atoms with E-state index in [0.29, 0.717) is 41.6 Å². The number of methoxy groups -OCH3 is 1. The molecule has 0 atom stereocenters. The highest BCUT2D eigenvalue weighted by atomic mass is 16.5. The first kappa shape index (κ1) is 20.2. The number of aromatic nitrogens is 3. The summed E-state index contributed by atoms with van der Waals surface area (Å²) in [5.41, 5.74) is 7.78. The van der Waals surface area contributed by atoms with Crippen LogP contribution in [-0.2, 0) is 9.47 Å². The summed E-state index contributed by atoms with van der Waals surface area (Å²) in [5, 5.41) is 9.96. The first-order valence-corrected chi connectivity index (χ1v) is 8.68. The Labute approximate surface area is 158 Å². The zero-order chi connectivity index (χ0) is 19.6. The molecule has 0 amide bonds. The Hall–Kier alpha value is -3.08. The van der Waals surface area contributed by atoms with Gasteiger partial charge in [-0.3, -0.25) is 4.40 Å². The SMILES string of the molecule is CC.COCCOCC#Cc1cn2cc(-c3ccccc3O)nc2nc1N. The minimum Gasteiger partial charge on any atom is -0.507 e. The fourth-order valence-corrected chi connectivity index (χ4v) is 2.25. The van der Waals surface area contributed by atoms with Crippen molar-refractivity contribution in [2.45, 2.75) is 13.8 Å². The fraction of sp³-hybridized carbons (Fsp3) is 0.300. The molecule has 0 unspecified atom stereocenters. The number of hydrogen-bond donors (Lipinski definition) is 2. The predicted molar refractivity (Wildman–Crippen MR) is 105 cm³/mol. The van der Waals surface area contributed by atoms with E-state index < -0.39 is 0 Å².